The molecule has 0 unspecified atom stereocenters. The maximum atomic E-state index is 12.4. The number of nitrogens with two attached hydrogens (primary N) is 1. The number of halogens is 1. The van der Waals surface area contributed by atoms with Gasteiger partial charge in [-0.25, -0.2) is 0 Å². The number of nitrogens with zero attached hydrogens (tertiary/aromatic N) is 1. The Balaban J connectivity index is 2.07. The van der Waals surface area contributed by atoms with Gasteiger partial charge in [-0.05, 0) is 43.5 Å². The van der Waals surface area contributed by atoms with Crippen molar-refractivity contribution >= 4 is 27.7 Å². The Labute approximate surface area is 121 Å². The molecule has 0 bridgehead atoms. The third-order valence-corrected chi connectivity index (χ3v) is 3.93. The highest BCUT2D eigenvalue weighted by Crippen LogP contribution is 2.21. The Bertz CT molecular complexity index is 488. The monoisotopic (exact) mass is 324 g/mol. The summed E-state index contributed by atoms with van der Waals surface area (Å²) in [4.78, 5) is 25.3. The maximum Gasteiger partial charge on any atom is 0.253 e. The maximum absolute atomic E-state index is 12.4. The molecule has 4 nitrogen and oxygen atoms in total. The summed E-state index contributed by atoms with van der Waals surface area (Å²) in [5.74, 6) is -0.328. The molecular formula is C14H17BrN2O2. The number of carbonyl (C=O) groups is 2. The molecule has 0 saturated carbocycles. The molecule has 2 amide bonds. The van der Waals surface area contributed by atoms with Crippen LogP contribution in [-0.2, 0) is 4.79 Å². The van der Waals surface area contributed by atoms with Crippen LogP contribution in [0.3, 0.4) is 0 Å². The van der Waals surface area contributed by atoms with Gasteiger partial charge in [-0.1, -0.05) is 15.9 Å². The molecule has 19 heavy (non-hydrogen) atoms. The minimum Gasteiger partial charge on any atom is -0.369 e. The molecular weight excluding hydrogens is 308 g/mol. The third-order valence-electron chi connectivity index (χ3n) is 3.47. The van der Waals surface area contributed by atoms with Crippen LogP contribution in [0.25, 0.3) is 0 Å². The number of carbonyl (C=O) groups excluding carboxylic acids is 2. The number of piperidine rings is 1. The van der Waals surface area contributed by atoms with Crippen molar-refractivity contribution in [3.05, 3.63) is 33.8 Å². The van der Waals surface area contributed by atoms with E-state index in [1.807, 2.05) is 25.1 Å². The predicted molar refractivity (Wildman–Crippen MR) is 76.7 cm³/mol. The standard InChI is InChI=1S/C14H17BrN2O2/c1-9-6-11(8-12(15)7-9)14(19)17-4-2-10(3-5-17)13(16)18/h6-8,10H,2-5H2,1H3,(H2,16,18). The first-order valence-electron chi connectivity index (χ1n) is 6.33. The summed E-state index contributed by atoms with van der Waals surface area (Å²) in [6, 6.07) is 5.68. The Morgan fingerprint density at radius 1 is 1.26 bits per heavy atom. The number of benzene rings is 1. The van der Waals surface area contributed by atoms with Crippen LogP contribution in [0.4, 0.5) is 0 Å². The van der Waals surface area contributed by atoms with Gasteiger partial charge < -0.3 is 10.6 Å². The molecule has 0 atom stereocenters. The number of primary amides is 1. The molecule has 1 heterocycles. The van der Waals surface area contributed by atoms with Crippen LogP contribution >= 0.6 is 15.9 Å². The molecule has 1 aliphatic rings. The fourth-order valence-corrected chi connectivity index (χ4v) is 3.02. The molecule has 2 rings (SSSR count). The molecule has 1 aromatic carbocycles. The van der Waals surface area contributed by atoms with Crippen LogP contribution in [0.5, 0.6) is 0 Å². The average Bonchev–Trinajstić information content (AvgIpc) is 2.37. The van der Waals surface area contributed by atoms with Crippen molar-refractivity contribution in [1.29, 1.82) is 0 Å². The first kappa shape index (κ1) is 14.1. The van der Waals surface area contributed by atoms with Crippen LogP contribution in [0, 0.1) is 12.8 Å². The van der Waals surface area contributed by atoms with E-state index in [9.17, 15) is 9.59 Å². The molecule has 102 valence electrons. The summed E-state index contributed by atoms with van der Waals surface area (Å²) in [6.45, 7) is 3.15. The fraction of sp³-hybridized carbons (Fsp3) is 0.429. The lowest BCUT2D eigenvalue weighted by Crippen LogP contribution is -2.41. The quantitative estimate of drug-likeness (QED) is 0.905. The van der Waals surface area contributed by atoms with E-state index in [0.29, 0.717) is 31.5 Å². The zero-order chi connectivity index (χ0) is 14.0. The fourth-order valence-electron chi connectivity index (χ4n) is 2.41. The van der Waals surface area contributed by atoms with Gasteiger partial charge in [0.15, 0.2) is 0 Å². The van der Waals surface area contributed by atoms with Gasteiger partial charge in [0.1, 0.15) is 0 Å². The molecule has 2 N–H and O–H groups in total. The van der Waals surface area contributed by atoms with E-state index >= 15 is 0 Å². The van der Waals surface area contributed by atoms with Gasteiger partial charge in [0.05, 0.1) is 0 Å². The first-order chi connectivity index (χ1) is 8.97. The zero-order valence-electron chi connectivity index (χ0n) is 10.9. The van der Waals surface area contributed by atoms with E-state index in [-0.39, 0.29) is 17.7 Å². The van der Waals surface area contributed by atoms with E-state index in [0.717, 1.165) is 10.0 Å². The normalized spacial score (nSPS) is 16.4. The van der Waals surface area contributed by atoms with Gasteiger partial charge in [-0.15, -0.1) is 0 Å². The summed E-state index contributed by atoms with van der Waals surface area (Å²) in [6.07, 6.45) is 1.32. The minimum absolute atomic E-state index is 0.0207. The first-order valence-corrected chi connectivity index (χ1v) is 7.12. The number of rotatable bonds is 2. The summed E-state index contributed by atoms with van der Waals surface area (Å²) in [7, 11) is 0. The Hall–Kier alpha value is -1.36. The molecule has 1 saturated heterocycles. The topological polar surface area (TPSA) is 63.4 Å². The third kappa shape index (κ3) is 3.35. The molecule has 1 aromatic rings. The molecule has 1 aliphatic heterocycles. The average molecular weight is 325 g/mol. The van der Waals surface area contributed by atoms with Crippen molar-refractivity contribution in [3.8, 4) is 0 Å². The predicted octanol–water partition coefficient (Wildman–Crippen LogP) is 2.10. The lowest BCUT2D eigenvalue weighted by atomic mass is 9.96. The smallest absolute Gasteiger partial charge is 0.253 e. The van der Waals surface area contributed by atoms with Crippen molar-refractivity contribution in [2.24, 2.45) is 11.7 Å². The lowest BCUT2D eigenvalue weighted by molar-refractivity contribution is -0.123. The second kappa shape index (κ2) is 5.74. The second-order valence-corrected chi connectivity index (χ2v) is 5.90. The van der Waals surface area contributed by atoms with E-state index in [2.05, 4.69) is 15.9 Å². The Morgan fingerprint density at radius 3 is 2.42 bits per heavy atom. The van der Waals surface area contributed by atoms with Gasteiger partial charge in [-0.2, -0.15) is 0 Å². The van der Waals surface area contributed by atoms with Crippen molar-refractivity contribution < 1.29 is 9.59 Å². The minimum atomic E-state index is -0.259. The van der Waals surface area contributed by atoms with Gasteiger partial charge in [0, 0.05) is 29.0 Å². The molecule has 0 spiro atoms. The van der Waals surface area contributed by atoms with Crippen LogP contribution in [0.2, 0.25) is 0 Å². The van der Waals surface area contributed by atoms with Gasteiger partial charge in [-0.3, -0.25) is 9.59 Å². The SMILES string of the molecule is Cc1cc(Br)cc(C(=O)N2CCC(C(N)=O)CC2)c1. The summed E-state index contributed by atoms with van der Waals surface area (Å²) in [5, 5.41) is 0. The van der Waals surface area contributed by atoms with E-state index < -0.39 is 0 Å². The van der Waals surface area contributed by atoms with E-state index in [1.54, 1.807) is 4.90 Å². The van der Waals surface area contributed by atoms with Crippen molar-refractivity contribution in [3.63, 3.8) is 0 Å². The van der Waals surface area contributed by atoms with Crippen LogP contribution in [0.1, 0.15) is 28.8 Å². The highest BCUT2D eigenvalue weighted by molar-refractivity contribution is 9.10. The lowest BCUT2D eigenvalue weighted by Gasteiger charge is -2.30. The van der Waals surface area contributed by atoms with Crippen molar-refractivity contribution in [2.75, 3.05) is 13.1 Å². The number of amides is 2. The van der Waals surface area contributed by atoms with Gasteiger partial charge in [0.25, 0.3) is 5.91 Å². The Morgan fingerprint density at radius 2 is 1.89 bits per heavy atom. The summed E-state index contributed by atoms with van der Waals surface area (Å²) < 4.78 is 0.905. The molecule has 0 aromatic heterocycles. The molecule has 5 heteroatoms. The van der Waals surface area contributed by atoms with Crippen molar-refractivity contribution in [1.82, 2.24) is 4.90 Å². The van der Waals surface area contributed by atoms with E-state index in [1.165, 1.54) is 0 Å². The largest absolute Gasteiger partial charge is 0.369 e. The summed E-state index contributed by atoms with van der Waals surface area (Å²) in [5.41, 5.74) is 7.02. The number of aryl methyl sites for hydroxylation is 1. The molecule has 1 fully saturated rings. The molecule has 0 aliphatic carbocycles. The Kier molecular flexibility index (Phi) is 4.24. The van der Waals surface area contributed by atoms with Crippen LogP contribution < -0.4 is 5.73 Å². The highest BCUT2D eigenvalue weighted by Gasteiger charge is 2.26. The summed E-state index contributed by atoms with van der Waals surface area (Å²) >= 11 is 3.40. The van der Waals surface area contributed by atoms with E-state index in [4.69, 9.17) is 5.73 Å². The number of likely N-dealkylation sites (tertiary alicyclic amines) is 1. The number of hydrogen-bond donors (Lipinski definition) is 1. The van der Waals surface area contributed by atoms with Gasteiger partial charge >= 0.3 is 0 Å². The molecule has 0 radical (unpaired) electrons. The van der Waals surface area contributed by atoms with Gasteiger partial charge in [0.2, 0.25) is 5.91 Å². The van der Waals surface area contributed by atoms with Crippen molar-refractivity contribution in [2.45, 2.75) is 19.8 Å². The number of hydrogen-bond acceptors (Lipinski definition) is 2. The van der Waals surface area contributed by atoms with Crippen LogP contribution in [0.15, 0.2) is 22.7 Å². The zero-order valence-corrected chi connectivity index (χ0v) is 12.4. The highest BCUT2D eigenvalue weighted by atomic mass is 79.9. The second-order valence-electron chi connectivity index (χ2n) is 4.99. The van der Waals surface area contributed by atoms with Crippen LogP contribution in [-0.4, -0.2) is 29.8 Å².